The number of hydrogen-bond donors (Lipinski definition) is 0. The van der Waals surface area contributed by atoms with Gasteiger partial charge in [-0.15, -0.1) is 4.91 Å². The normalized spacial score (nSPS) is 22.7. The van der Waals surface area contributed by atoms with Crippen LogP contribution >= 0.6 is 0 Å². The number of likely N-dealkylation sites (tertiary alicyclic amines) is 1. The highest BCUT2D eigenvalue weighted by molar-refractivity contribution is 5.81. The molecule has 0 bridgehead atoms. The minimum atomic E-state index is -0.641. The molecule has 1 heterocycles. The van der Waals surface area contributed by atoms with Crippen LogP contribution in [0.2, 0.25) is 0 Å². The first-order valence-corrected chi connectivity index (χ1v) is 5.24. The Morgan fingerprint density at radius 1 is 1.36 bits per heavy atom. The van der Waals surface area contributed by atoms with Crippen LogP contribution < -0.4 is 0 Å². The summed E-state index contributed by atoms with van der Waals surface area (Å²) < 4.78 is 0.829. The SMILES string of the molecule is CC(=O)C(C[N+]1(C)CCCCC1)N=O. The molecule has 0 saturated carbocycles. The van der Waals surface area contributed by atoms with Crippen molar-refractivity contribution >= 4 is 5.78 Å². The van der Waals surface area contributed by atoms with Gasteiger partial charge in [-0.25, -0.2) is 0 Å². The third-order valence-corrected chi connectivity index (χ3v) is 3.11. The van der Waals surface area contributed by atoms with Crippen molar-refractivity contribution in [3.8, 4) is 0 Å². The van der Waals surface area contributed by atoms with Gasteiger partial charge in [-0.3, -0.25) is 4.79 Å². The lowest BCUT2D eigenvalue weighted by Crippen LogP contribution is -2.52. The van der Waals surface area contributed by atoms with E-state index >= 15 is 0 Å². The highest BCUT2D eigenvalue weighted by Gasteiger charge is 2.31. The van der Waals surface area contributed by atoms with Gasteiger partial charge in [-0.05, 0) is 26.2 Å². The Hall–Kier alpha value is -0.770. The highest BCUT2D eigenvalue weighted by Crippen LogP contribution is 2.17. The summed E-state index contributed by atoms with van der Waals surface area (Å²) in [7, 11) is 2.11. The molecule has 1 rings (SSSR count). The van der Waals surface area contributed by atoms with Crippen molar-refractivity contribution in [1.82, 2.24) is 0 Å². The molecular weight excluding hydrogens is 180 g/mol. The van der Waals surface area contributed by atoms with E-state index in [0.29, 0.717) is 6.54 Å². The smallest absolute Gasteiger partial charge is 0.198 e. The second-order valence-corrected chi connectivity index (χ2v) is 4.54. The molecule has 0 aliphatic carbocycles. The summed E-state index contributed by atoms with van der Waals surface area (Å²) in [6, 6.07) is -0.641. The van der Waals surface area contributed by atoms with Gasteiger partial charge >= 0.3 is 0 Å². The minimum Gasteiger partial charge on any atom is -0.324 e. The summed E-state index contributed by atoms with van der Waals surface area (Å²) in [5.41, 5.74) is 0. The highest BCUT2D eigenvalue weighted by atomic mass is 16.3. The molecule has 1 atom stereocenters. The van der Waals surface area contributed by atoms with Gasteiger partial charge in [-0.1, -0.05) is 5.18 Å². The summed E-state index contributed by atoms with van der Waals surface area (Å²) in [6.07, 6.45) is 3.66. The number of ketones is 1. The van der Waals surface area contributed by atoms with Gasteiger partial charge in [0, 0.05) is 0 Å². The molecule has 0 spiro atoms. The quantitative estimate of drug-likeness (QED) is 0.506. The molecule has 1 saturated heterocycles. The number of carbonyl (C=O) groups is 1. The number of nitrogens with zero attached hydrogens (tertiary/aromatic N) is 2. The van der Waals surface area contributed by atoms with Gasteiger partial charge in [0.15, 0.2) is 11.8 Å². The van der Waals surface area contributed by atoms with Crippen LogP contribution in [0, 0.1) is 4.91 Å². The molecule has 1 aliphatic rings. The van der Waals surface area contributed by atoms with Gasteiger partial charge in [0.2, 0.25) is 0 Å². The lowest BCUT2D eigenvalue weighted by molar-refractivity contribution is -0.913. The number of quaternary nitrogens is 1. The Morgan fingerprint density at radius 2 is 1.93 bits per heavy atom. The monoisotopic (exact) mass is 199 g/mol. The Bertz CT molecular complexity index is 222. The van der Waals surface area contributed by atoms with Crippen LogP contribution in [0.4, 0.5) is 0 Å². The number of nitroso groups, excluding NO2 is 1. The molecule has 1 aliphatic heterocycles. The second kappa shape index (κ2) is 4.64. The van der Waals surface area contributed by atoms with Crippen LogP contribution in [0.25, 0.3) is 0 Å². The lowest BCUT2D eigenvalue weighted by atomic mass is 10.1. The van der Waals surface area contributed by atoms with Crippen LogP contribution in [-0.2, 0) is 4.79 Å². The van der Waals surface area contributed by atoms with E-state index in [0.717, 1.165) is 17.6 Å². The molecule has 0 amide bonds. The number of piperidine rings is 1. The second-order valence-electron chi connectivity index (χ2n) is 4.54. The zero-order valence-corrected chi connectivity index (χ0v) is 9.03. The fourth-order valence-corrected chi connectivity index (χ4v) is 2.11. The van der Waals surface area contributed by atoms with Crippen LogP contribution in [0.15, 0.2) is 5.18 Å². The number of carbonyl (C=O) groups excluding carboxylic acids is 1. The van der Waals surface area contributed by atoms with E-state index in [1.807, 2.05) is 0 Å². The summed E-state index contributed by atoms with van der Waals surface area (Å²) in [5, 5.41) is 2.91. The largest absolute Gasteiger partial charge is 0.324 e. The number of likely N-dealkylation sites (N-methyl/N-ethyl adjacent to an activating group) is 1. The number of rotatable bonds is 4. The molecule has 4 heteroatoms. The van der Waals surface area contributed by atoms with Crippen LogP contribution in [0.5, 0.6) is 0 Å². The van der Waals surface area contributed by atoms with Crippen molar-refractivity contribution in [2.45, 2.75) is 32.2 Å². The fourth-order valence-electron chi connectivity index (χ4n) is 2.11. The van der Waals surface area contributed by atoms with E-state index in [9.17, 15) is 9.70 Å². The van der Waals surface area contributed by atoms with Crippen molar-refractivity contribution in [3.63, 3.8) is 0 Å². The van der Waals surface area contributed by atoms with Gasteiger partial charge in [0.1, 0.15) is 6.54 Å². The van der Waals surface area contributed by atoms with E-state index in [-0.39, 0.29) is 5.78 Å². The first kappa shape index (κ1) is 11.3. The summed E-state index contributed by atoms with van der Waals surface area (Å²) >= 11 is 0. The first-order valence-electron chi connectivity index (χ1n) is 5.24. The molecule has 4 nitrogen and oxygen atoms in total. The van der Waals surface area contributed by atoms with E-state index in [1.54, 1.807) is 0 Å². The van der Waals surface area contributed by atoms with E-state index < -0.39 is 6.04 Å². The third kappa shape index (κ3) is 2.87. The molecule has 0 N–H and O–H groups in total. The Morgan fingerprint density at radius 3 is 2.36 bits per heavy atom. The minimum absolute atomic E-state index is 0.107. The molecule has 1 unspecified atom stereocenters. The average Bonchev–Trinajstić information content (AvgIpc) is 2.15. The third-order valence-electron chi connectivity index (χ3n) is 3.11. The van der Waals surface area contributed by atoms with Gasteiger partial charge in [0.05, 0.1) is 20.1 Å². The first-order chi connectivity index (χ1) is 6.57. The summed E-state index contributed by atoms with van der Waals surface area (Å²) in [6.45, 7) is 4.17. The lowest BCUT2D eigenvalue weighted by Gasteiger charge is -2.38. The Labute approximate surface area is 84.8 Å². The zero-order valence-electron chi connectivity index (χ0n) is 9.03. The van der Waals surface area contributed by atoms with E-state index in [2.05, 4.69) is 12.2 Å². The molecule has 0 aromatic rings. The van der Waals surface area contributed by atoms with E-state index in [4.69, 9.17) is 0 Å². The summed E-state index contributed by atoms with van der Waals surface area (Å²) in [4.78, 5) is 21.6. The van der Waals surface area contributed by atoms with Crippen LogP contribution in [-0.4, -0.2) is 43.0 Å². The van der Waals surface area contributed by atoms with Crippen LogP contribution in [0.3, 0.4) is 0 Å². The zero-order chi connectivity index (χ0) is 10.6. The van der Waals surface area contributed by atoms with Crippen molar-refractivity contribution in [1.29, 1.82) is 0 Å². The topological polar surface area (TPSA) is 46.5 Å². The van der Waals surface area contributed by atoms with Crippen molar-refractivity contribution < 1.29 is 9.28 Å². The maximum absolute atomic E-state index is 11.1. The van der Waals surface area contributed by atoms with Gasteiger partial charge < -0.3 is 4.48 Å². The van der Waals surface area contributed by atoms with Crippen molar-refractivity contribution in [2.24, 2.45) is 5.18 Å². The number of Topliss-reactive ketones (excluding diaryl/α,β-unsaturated/α-hetero) is 1. The maximum atomic E-state index is 11.1. The molecule has 80 valence electrons. The Kier molecular flexibility index (Phi) is 3.75. The number of hydrogen-bond acceptors (Lipinski definition) is 3. The predicted octanol–water partition coefficient (Wildman–Crippen LogP) is 1.34. The molecule has 0 radical (unpaired) electrons. The maximum Gasteiger partial charge on any atom is 0.198 e. The molecule has 14 heavy (non-hydrogen) atoms. The standard InChI is InChI=1S/C10H19N2O2/c1-9(13)10(11-14)8-12(2)6-4-3-5-7-12/h10H,3-8H2,1-2H3/q+1. The summed E-state index contributed by atoms with van der Waals surface area (Å²) in [5.74, 6) is -0.107. The molecule has 0 aromatic carbocycles. The van der Waals surface area contributed by atoms with Gasteiger partial charge in [0.25, 0.3) is 0 Å². The molecule has 0 aromatic heterocycles. The van der Waals surface area contributed by atoms with E-state index in [1.165, 1.54) is 26.2 Å². The predicted molar refractivity (Wildman–Crippen MR) is 54.9 cm³/mol. The van der Waals surface area contributed by atoms with Crippen molar-refractivity contribution in [3.05, 3.63) is 4.91 Å². The Balaban J connectivity index is 2.55. The fraction of sp³-hybridized carbons (Fsp3) is 0.900. The molecular formula is C10H19N2O2+. The molecule has 1 fully saturated rings. The van der Waals surface area contributed by atoms with Gasteiger partial charge in [-0.2, -0.15) is 0 Å². The van der Waals surface area contributed by atoms with Crippen molar-refractivity contribution in [2.75, 3.05) is 26.7 Å². The average molecular weight is 199 g/mol. The van der Waals surface area contributed by atoms with Crippen LogP contribution in [0.1, 0.15) is 26.2 Å².